The van der Waals surface area contributed by atoms with Gasteiger partial charge < -0.3 is 4.90 Å². The number of likely N-dealkylation sites (tertiary alicyclic amines) is 1. The van der Waals surface area contributed by atoms with Crippen molar-refractivity contribution in [1.82, 2.24) is 9.62 Å². The third kappa shape index (κ3) is 3.32. The Labute approximate surface area is 113 Å². The molecule has 6 heteroatoms. The summed E-state index contributed by atoms with van der Waals surface area (Å²) in [6.07, 6.45) is 1.48. The molecule has 0 aromatic heterocycles. The highest BCUT2D eigenvalue weighted by atomic mass is 32.2. The minimum absolute atomic E-state index is 0.129. The van der Waals surface area contributed by atoms with Gasteiger partial charge in [-0.05, 0) is 45.5 Å². The van der Waals surface area contributed by atoms with Crippen LogP contribution in [0.2, 0.25) is 0 Å². The minimum Gasteiger partial charge on any atom is -0.304 e. The molecular weight excluding hydrogens is 267 g/mol. The van der Waals surface area contributed by atoms with E-state index >= 15 is 0 Å². The molecule has 1 aliphatic heterocycles. The molecule has 0 bridgehead atoms. The van der Waals surface area contributed by atoms with E-state index in [-0.39, 0.29) is 10.9 Å². The van der Waals surface area contributed by atoms with Gasteiger partial charge in [-0.2, -0.15) is 0 Å². The highest BCUT2D eigenvalue weighted by Gasteiger charge is 2.28. The maximum Gasteiger partial charge on any atom is 0.243 e. The molecule has 1 N–H and O–H groups in total. The number of halogens is 1. The first-order valence-electron chi connectivity index (χ1n) is 6.37. The van der Waals surface area contributed by atoms with Gasteiger partial charge in [0, 0.05) is 12.1 Å². The zero-order valence-corrected chi connectivity index (χ0v) is 12.0. The van der Waals surface area contributed by atoms with Gasteiger partial charge in [-0.1, -0.05) is 12.1 Å². The summed E-state index contributed by atoms with van der Waals surface area (Å²) in [7, 11) is -1.75. The average Bonchev–Trinajstić information content (AvgIpc) is 2.34. The second-order valence-corrected chi connectivity index (χ2v) is 6.79. The van der Waals surface area contributed by atoms with Crippen LogP contribution in [-0.2, 0) is 10.0 Å². The van der Waals surface area contributed by atoms with E-state index in [1.54, 1.807) is 0 Å². The molecule has 0 radical (unpaired) electrons. The van der Waals surface area contributed by atoms with Gasteiger partial charge in [-0.15, -0.1) is 0 Å². The Morgan fingerprint density at radius 3 is 2.68 bits per heavy atom. The summed E-state index contributed by atoms with van der Waals surface area (Å²) >= 11 is 0. The van der Waals surface area contributed by atoms with Crippen LogP contribution in [0.15, 0.2) is 29.2 Å². The van der Waals surface area contributed by atoms with Crippen LogP contribution < -0.4 is 4.72 Å². The summed E-state index contributed by atoms with van der Waals surface area (Å²) in [5.74, 6) is -0.712. The maximum absolute atomic E-state index is 13.6. The van der Waals surface area contributed by atoms with Crippen LogP contribution in [0.5, 0.6) is 0 Å². The molecule has 0 aliphatic carbocycles. The van der Waals surface area contributed by atoms with Crippen LogP contribution in [0.1, 0.15) is 19.8 Å². The van der Waals surface area contributed by atoms with Crippen LogP contribution in [0.25, 0.3) is 0 Å². The Morgan fingerprint density at radius 1 is 1.37 bits per heavy atom. The molecule has 1 fully saturated rings. The fourth-order valence-corrected chi connectivity index (χ4v) is 3.70. The second-order valence-electron chi connectivity index (χ2n) is 5.10. The van der Waals surface area contributed by atoms with Crippen molar-refractivity contribution in [2.75, 3.05) is 13.6 Å². The van der Waals surface area contributed by atoms with Crippen molar-refractivity contribution in [2.45, 2.75) is 36.7 Å². The standard InChI is InChI=1S/C13H19FN2O2S/c1-10-9-11(7-8-16(10)2)15-19(17,18)13-6-4-3-5-12(13)14/h3-6,10-11,15H,7-9H2,1-2H3. The lowest BCUT2D eigenvalue weighted by atomic mass is 10.0. The van der Waals surface area contributed by atoms with Gasteiger partial charge in [-0.3, -0.25) is 0 Å². The summed E-state index contributed by atoms with van der Waals surface area (Å²) < 4.78 is 40.4. The predicted octanol–water partition coefficient (Wildman–Crippen LogP) is 1.59. The molecule has 0 saturated carbocycles. The Balaban J connectivity index is 2.12. The summed E-state index contributed by atoms with van der Waals surface area (Å²) in [5, 5.41) is 0. The molecule has 1 aromatic rings. The number of rotatable bonds is 3. The fourth-order valence-electron chi connectivity index (χ4n) is 2.34. The Bertz CT molecular complexity index is 547. The SMILES string of the molecule is CC1CC(NS(=O)(=O)c2ccccc2F)CCN1C. The molecule has 2 rings (SSSR count). The lowest BCUT2D eigenvalue weighted by Crippen LogP contribution is -2.47. The Hall–Kier alpha value is -0.980. The number of benzene rings is 1. The number of nitrogens with zero attached hydrogens (tertiary/aromatic N) is 1. The molecule has 0 spiro atoms. The van der Waals surface area contributed by atoms with Crippen LogP contribution in [0.3, 0.4) is 0 Å². The number of hydrogen-bond donors (Lipinski definition) is 1. The maximum atomic E-state index is 13.6. The Kier molecular flexibility index (Phi) is 4.23. The number of sulfonamides is 1. The van der Waals surface area contributed by atoms with E-state index < -0.39 is 15.8 Å². The van der Waals surface area contributed by atoms with Gasteiger partial charge in [-0.25, -0.2) is 17.5 Å². The van der Waals surface area contributed by atoms with Crippen molar-refractivity contribution in [3.63, 3.8) is 0 Å². The summed E-state index contributed by atoms with van der Waals surface area (Å²) in [6, 6.07) is 5.64. The van der Waals surface area contributed by atoms with Crippen molar-refractivity contribution in [3.05, 3.63) is 30.1 Å². The molecule has 0 amide bonds. The van der Waals surface area contributed by atoms with Crippen LogP contribution in [0.4, 0.5) is 4.39 Å². The van der Waals surface area contributed by atoms with Crippen molar-refractivity contribution >= 4 is 10.0 Å². The lowest BCUT2D eigenvalue weighted by molar-refractivity contribution is 0.178. The van der Waals surface area contributed by atoms with Gasteiger partial charge in [0.2, 0.25) is 10.0 Å². The largest absolute Gasteiger partial charge is 0.304 e. The van der Waals surface area contributed by atoms with E-state index in [0.717, 1.165) is 25.5 Å². The third-order valence-electron chi connectivity index (χ3n) is 3.66. The van der Waals surface area contributed by atoms with Crippen molar-refractivity contribution < 1.29 is 12.8 Å². The fraction of sp³-hybridized carbons (Fsp3) is 0.538. The van der Waals surface area contributed by atoms with Crippen LogP contribution in [0, 0.1) is 5.82 Å². The lowest BCUT2D eigenvalue weighted by Gasteiger charge is -2.35. The summed E-state index contributed by atoms with van der Waals surface area (Å²) in [5.41, 5.74) is 0. The van der Waals surface area contributed by atoms with E-state index in [4.69, 9.17) is 0 Å². The van der Waals surface area contributed by atoms with Crippen LogP contribution in [-0.4, -0.2) is 39.0 Å². The number of hydrogen-bond acceptors (Lipinski definition) is 3. The van der Waals surface area contributed by atoms with E-state index in [2.05, 4.69) is 16.5 Å². The molecule has 1 aromatic carbocycles. The van der Waals surface area contributed by atoms with Gasteiger partial charge >= 0.3 is 0 Å². The minimum atomic E-state index is -3.78. The van der Waals surface area contributed by atoms with E-state index in [1.165, 1.54) is 18.2 Å². The van der Waals surface area contributed by atoms with Gasteiger partial charge in [0.15, 0.2) is 0 Å². The van der Waals surface area contributed by atoms with Gasteiger partial charge in [0.05, 0.1) is 0 Å². The van der Waals surface area contributed by atoms with Crippen molar-refractivity contribution in [1.29, 1.82) is 0 Å². The second kappa shape index (κ2) is 5.56. The number of piperidine rings is 1. The zero-order valence-electron chi connectivity index (χ0n) is 11.1. The summed E-state index contributed by atoms with van der Waals surface area (Å²) in [6.45, 7) is 2.90. The molecule has 2 unspecified atom stereocenters. The van der Waals surface area contributed by atoms with E-state index in [0.29, 0.717) is 6.04 Å². The van der Waals surface area contributed by atoms with Gasteiger partial charge in [0.1, 0.15) is 10.7 Å². The average molecular weight is 286 g/mol. The smallest absolute Gasteiger partial charge is 0.243 e. The van der Waals surface area contributed by atoms with Crippen molar-refractivity contribution in [2.24, 2.45) is 0 Å². The molecule has 106 valence electrons. The first-order valence-corrected chi connectivity index (χ1v) is 7.85. The topological polar surface area (TPSA) is 49.4 Å². The normalized spacial score (nSPS) is 25.4. The van der Waals surface area contributed by atoms with E-state index in [1.807, 2.05) is 7.05 Å². The van der Waals surface area contributed by atoms with Crippen LogP contribution >= 0.6 is 0 Å². The molecule has 2 atom stereocenters. The molecule has 1 heterocycles. The predicted molar refractivity (Wildman–Crippen MR) is 71.8 cm³/mol. The monoisotopic (exact) mass is 286 g/mol. The Morgan fingerprint density at radius 2 is 2.05 bits per heavy atom. The molecular formula is C13H19FN2O2S. The molecule has 1 aliphatic rings. The van der Waals surface area contributed by atoms with Gasteiger partial charge in [0.25, 0.3) is 0 Å². The quantitative estimate of drug-likeness (QED) is 0.918. The number of nitrogens with one attached hydrogen (secondary N) is 1. The summed E-state index contributed by atoms with van der Waals surface area (Å²) in [4.78, 5) is 1.91. The molecule has 1 saturated heterocycles. The third-order valence-corrected chi connectivity index (χ3v) is 5.21. The zero-order chi connectivity index (χ0) is 14.0. The highest BCUT2D eigenvalue weighted by molar-refractivity contribution is 7.89. The van der Waals surface area contributed by atoms with E-state index in [9.17, 15) is 12.8 Å². The molecule has 19 heavy (non-hydrogen) atoms. The van der Waals surface area contributed by atoms with Crippen molar-refractivity contribution in [3.8, 4) is 0 Å². The first-order chi connectivity index (χ1) is 8.90. The molecule has 4 nitrogen and oxygen atoms in total. The first kappa shape index (κ1) is 14.4. The highest BCUT2D eigenvalue weighted by Crippen LogP contribution is 2.19.